The van der Waals surface area contributed by atoms with Gasteiger partial charge in [-0.2, -0.15) is 0 Å². The zero-order valence-electron chi connectivity index (χ0n) is 16.4. The monoisotopic (exact) mass is 396 g/mol. The van der Waals surface area contributed by atoms with Gasteiger partial charge < -0.3 is 15.4 Å². The molecular formula is C25H20N2O3. The van der Waals surface area contributed by atoms with Crippen LogP contribution in [0.4, 0.5) is 11.4 Å². The van der Waals surface area contributed by atoms with E-state index < -0.39 is 0 Å². The number of carbonyl (C=O) groups excluding carboxylic acids is 2. The molecule has 2 N–H and O–H groups in total. The maximum Gasteiger partial charge on any atom is 0.255 e. The van der Waals surface area contributed by atoms with Crippen molar-refractivity contribution in [1.29, 1.82) is 0 Å². The van der Waals surface area contributed by atoms with Gasteiger partial charge in [0, 0.05) is 27.9 Å². The third kappa shape index (κ3) is 4.15. The van der Waals surface area contributed by atoms with E-state index in [-0.39, 0.29) is 11.8 Å². The number of amides is 2. The molecule has 0 heterocycles. The number of hydrogen-bond donors (Lipinski definition) is 2. The molecule has 5 heteroatoms. The van der Waals surface area contributed by atoms with E-state index in [0.29, 0.717) is 22.6 Å². The molecule has 0 radical (unpaired) electrons. The van der Waals surface area contributed by atoms with E-state index in [9.17, 15) is 9.59 Å². The SMILES string of the molecule is COc1cccc(C(=O)Nc2cccc(C(=O)Nc3cccc4ccccc34)c2)c1. The molecule has 4 aromatic carbocycles. The van der Waals surface area contributed by atoms with Gasteiger partial charge in [-0.3, -0.25) is 9.59 Å². The fraction of sp³-hybridized carbons (Fsp3) is 0.0400. The molecule has 0 aliphatic rings. The molecule has 0 saturated heterocycles. The molecule has 148 valence electrons. The van der Waals surface area contributed by atoms with E-state index >= 15 is 0 Å². The summed E-state index contributed by atoms with van der Waals surface area (Å²) in [6.45, 7) is 0. The Morgan fingerprint density at radius 1 is 0.700 bits per heavy atom. The zero-order chi connectivity index (χ0) is 20.9. The number of rotatable bonds is 5. The third-order valence-corrected chi connectivity index (χ3v) is 4.75. The van der Waals surface area contributed by atoms with Gasteiger partial charge in [-0.15, -0.1) is 0 Å². The summed E-state index contributed by atoms with van der Waals surface area (Å²) in [7, 11) is 1.55. The molecule has 0 unspecified atom stereocenters. The van der Waals surface area contributed by atoms with Gasteiger partial charge in [-0.25, -0.2) is 0 Å². The second-order valence-corrected chi connectivity index (χ2v) is 6.75. The average molecular weight is 396 g/mol. The number of anilines is 2. The summed E-state index contributed by atoms with van der Waals surface area (Å²) >= 11 is 0. The Bertz CT molecular complexity index is 1230. The van der Waals surface area contributed by atoms with E-state index in [1.54, 1.807) is 55.6 Å². The highest BCUT2D eigenvalue weighted by Crippen LogP contribution is 2.24. The smallest absolute Gasteiger partial charge is 0.255 e. The summed E-state index contributed by atoms with van der Waals surface area (Å²) in [6, 6.07) is 27.4. The van der Waals surface area contributed by atoms with Crippen LogP contribution >= 0.6 is 0 Å². The molecule has 4 rings (SSSR count). The Labute approximate surface area is 174 Å². The minimum atomic E-state index is -0.277. The zero-order valence-corrected chi connectivity index (χ0v) is 16.4. The Morgan fingerprint density at radius 2 is 1.37 bits per heavy atom. The first-order chi connectivity index (χ1) is 14.6. The van der Waals surface area contributed by atoms with Crippen molar-refractivity contribution in [3.8, 4) is 5.75 Å². The van der Waals surface area contributed by atoms with Crippen LogP contribution in [-0.2, 0) is 0 Å². The van der Waals surface area contributed by atoms with Crippen molar-refractivity contribution in [3.05, 3.63) is 102 Å². The van der Waals surface area contributed by atoms with Crippen LogP contribution in [0, 0.1) is 0 Å². The number of nitrogens with one attached hydrogen (secondary N) is 2. The lowest BCUT2D eigenvalue weighted by molar-refractivity contribution is 0.101. The summed E-state index contributed by atoms with van der Waals surface area (Å²) in [5.74, 6) is 0.0789. The van der Waals surface area contributed by atoms with Crippen molar-refractivity contribution < 1.29 is 14.3 Å². The van der Waals surface area contributed by atoms with Crippen LogP contribution in [0.1, 0.15) is 20.7 Å². The van der Waals surface area contributed by atoms with Crippen LogP contribution in [0.2, 0.25) is 0 Å². The number of carbonyl (C=O) groups is 2. The number of hydrogen-bond acceptors (Lipinski definition) is 3. The molecule has 0 aliphatic heterocycles. The summed E-state index contributed by atoms with van der Waals surface area (Å²) in [4.78, 5) is 25.3. The molecule has 0 aliphatic carbocycles. The normalized spacial score (nSPS) is 10.4. The Kier molecular flexibility index (Phi) is 5.44. The minimum Gasteiger partial charge on any atom is -0.497 e. The highest BCUT2D eigenvalue weighted by molar-refractivity contribution is 6.10. The molecule has 0 bridgehead atoms. The van der Waals surface area contributed by atoms with Gasteiger partial charge in [0.25, 0.3) is 11.8 Å². The van der Waals surface area contributed by atoms with Gasteiger partial charge in [-0.1, -0.05) is 48.5 Å². The lowest BCUT2D eigenvalue weighted by Gasteiger charge is -2.11. The quantitative estimate of drug-likeness (QED) is 0.478. The van der Waals surface area contributed by atoms with Gasteiger partial charge in [0.1, 0.15) is 5.75 Å². The van der Waals surface area contributed by atoms with Gasteiger partial charge in [0.15, 0.2) is 0 Å². The van der Waals surface area contributed by atoms with Gasteiger partial charge in [-0.05, 0) is 47.9 Å². The number of ether oxygens (including phenoxy) is 1. The van der Waals surface area contributed by atoms with Crippen molar-refractivity contribution in [3.63, 3.8) is 0 Å². The first-order valence-electron chi connectivity index (χ1n) is 9.48. The molecule has 0 saturated carbocycles. The van der Waals surface area contributed by atoms with Crippen LogP contribution in [0.5, 0.6) is 5.75 Å². The molecule has 2 amide bonds. The second-order valence-electron chi connectivity index (χ2n) is 6.75. The highest BCUT2D eigenvalue weighted by atomic mass is 16.5. The molecule has 0 atom stereocenters. The maximum absolute atomic E-state index is 12.8. The molecule has 5 nitrogen and oxygen atoms in total. The van der Waals surface area contributed by atoms with Crippen molar-refractivity contribution in [2.75, 3.05) is 17.7 Å². The van der Waals surface area contributed by atoms with Gasteiger partial charge in [0.2, 0.25) is 0 Å². The molecular weight excluding hydrogens is 376 g/mol. The minimum absolute atomic E-state index is 0.246. The predicted octanol–water partition coefficient (Wildman–Crippen LogP) is 5.35. The van der Waals surface area contributed by atoms with E-state index in [1.807, 2.05) is 42.5 Å². The fourth-order valence-electron chi connectivity index (χ4n) is 3.23. The summed E-state index contributed by atoms with van der Waals surface area (Å²) in [5, 5.41) is 7.80. The van der Waals surface area contributed by atoms with E-state index in [0.717, 1.165) is 16.5 Å². The van der Waals surface area contributed by atoms with Crippen molar-refractivity contribution in [1.82, 2.24) is 0 Å². The lowest BCUT2D eigenvalue weighted by Crippen LogP contribution is -2.15. The maximum atomic E-state index is 12.8. The summed E-state index contributed by atoms with van der Waals surface area (Å²) < 4.78 is 5.16. The van der Waals surface area contributed by atoms with Crippen LogP contribution in [0.25, 0.3) is 10.8 Å². The Morgan fingerprint density at radius 3 is 2.20 bits per heavy atom. The summed E-state index contributed by atoms with van der Waals surface area (Å²) in [6.07, 6.45) is 0. The van der Waals surface area contributed by atoms with Crippen LogP contribution in [0.15, 0.2) is 91.0 Å². The third-order valence-electron chi connectivity index (χ3n) is 4.75. The first-order valence-corrected chi connectivity index (χ1v) is 9.48. The molecule has 0 fully saturated rings. The van der Waals surface area contributed by atoms with Crippen LogP contribution in [-0.4, -0.2) is 18.9 Å². The lowest BCUT2D eigenvalue weighted by atomic mass is 10.1. The van der Waals surface area contributed by atoms with E-state index in [2.05, 4.69) is 10.6 Å². The topological polar surface area (TPSA) is 67.4 Å². The van der Waals surface area contributed by atoms with Crippen molar-refractivity contribution >= 4 is 34.0 Å². The Hall–Kier alpha value is -4.12. The van der Waals surface area contributed by atoms with Crippen LogP contribution < -0.4 is 15.4 Å². The van der Waals surface area contributed by atoms with Crippen LogP contribution in [0.3, 0.4) is 0 Å². The Balaban J connectivity index is 1.52. The van der Waals surface area contributed by atoms with Gasteiger partial charge >= 0.3 is 0 Å². The molecule has 4 aromatic rings. The first kappa shape index (κ1) is 19.2. The van der Waals surface area contributed by atoms with Gasteiger partial charge in [0.05, 0.1) is 7.11 Å². The highest BCUT2D eigenvalue weighted by Gasteiger charge is 2.11. The van der Waals surface area contributed by atoms with E-state index in [1.165, 1.54) is 0 Å². The van der Waals surface area contributed by atoms with Crippen molar-refractivity contribution in [2.24, 2.45) is 0 Å². The number of benzene rings is 4. The molecule has 30 heavy (non-hydrogen) atoms. The fourth-order valence-corrected chi connectivity index (χ4v) is 3.23. The number of fused-ring (bicyclic) bond motifs is 1. The predicted molar refractivity (Wildman–Crippen MR) is 119 cm³/mol. The summed E-state index contributed by atoms with van der Waals surface area (Å²) in [5.41, 5.74) is 2.20. The molecule has 0 aromatic heterocycles. The molecule has 0 spiro atoms. The van der Waals surface area contributed by atoms with E-state index in [4.69, 9.17) is 4.74 Å². The van der Waals surface area contributed by atoms with Crippen molar-refractivity contribution in [2.45, 2.75) is 0 Å². The second kappa shape index (κ2) is 8.49. The average Bonchev–Trinajstić information content (AvgIpc) is 2.79. The standard InChI is InChI=1S/C25H20N2O3/c1-30-21-12-5-10-19(16-21)24(28)26-20-11-4-9-18(15-20)25(29)27-23-14-6-8-17-7-2-3-13-22(17)23/h2-16H,1H3,(H,26,28)(H,27,29). The largest absolute Gasteiger partial charge is 0.497 e. The number of methoxy groups -OCH3 is 1.